The molecule has 0 amide bonds. The van der Waals surface area contributed by atoms with Crippen molar-refractivity contribution in [2.24, 2.45) is 0 Å². The molecule has 1 aromatic carbocycles. The zero-order valence-corrected chi connectivity index (χ0v) is 13.1. The fraction of sp³-hybridized carbons (Fsp3) is 0.294. The van der Waals surface area contributed by atoms with Crippen molar-refractivity contribution in [1.29, 1.82) is 0 Å². The lowest BCUT2D eigenvalue weighted by Crippen LogP contribution is -2.09. The summed E-state index contributed by atoms with van der Waals surface area (Å²) in [6, 6.07) is 8.52. The first-order valence-electron chi connectivity index (χ1n) is 7.90. The highest BCUT2D eigenvalue weighted by Crippen LogP contribution is 2.25. The lowest BCUT2D eigenvalue weighted by Gasteiger charge is -2.11. The second kappa shape index (κ2) is 6.09. The molecule has 2 aromatic heterocycles. The number of ether oxygens (including phenoxy) is 1. The van der Waals surface area contributed by atoms with Crippen LogP contribution in [0.3, 0.4) is 0 Å². The van der Waals surface area contributed by atoms with Crippen LogP contribution in [0.4, 0.5) is 16.2 Å². The minimum atomic E-state index is -0.243. The average molecular weight is 327 g/mol. The standard InChI is InChI=1S/C17H18FN5O/c18-12-1-2-14-11(5-12)6-13(21-14)8-20-16-7-15(22-17(19)23-16)10-3-4-24-9-10/h1-2,5-7,10,21H,3-4,8-9H2,(H3,19,20,22,23). The first-order valence-corrected chi connectivity index (χ1v) is 7.90. The van der Waals surface area contributed by atoms with Crippen LogP contribution in [-0.4, -0.2) is 28.2 Å². The van der Waals surface area contributed by atoms with Gasteiger partial charge < -0.3 is 20.8 Å². The third-order valence-corrected chi connectivity index (χ3v) is 4.21. The number of nitrogens with one attached hydrogen (secondary N) is 2. The highest BCUT2D eigenvalue weighted by Gasteiger charge is 2.20. The summed E-state index contributed by atoms with van der Waals surface area (Å²) in [5.41, 5.74) is 8.57. The van der Waals surface area contributed by atoms with Gasteiger partial charge in [0, 0.05) is 35.2 Å². The van der Waals surface area contributed by atoms with Crippen LogP contribution in [0.15, 0.2) is 30.3 Å². The number of nitrogens with zero attached hydrogens (tertiary/aromatic N) is 2. The summed E-state index contributed by atoms with van der Waals surface area (Å²) in [7, 11) is 0. The van der Waals surface area contributed by atoms with Gasteiger partial charge in [-0.05, 0) is 30.7 Å². The third-order valence-electron chi connectivity index (χ3n) is 4.21. The molecule has 0 bridgehead atoms. The number of H-pyrrole nitrogens is 1. The molecule has 1 unspecified atom stereocenters. The Bertz CT molecular complexity index is 873. The number of anilines is 2. The smallest absolute Gasteiger partial charge is 0.222 e. The number of nitrogen functional groups attached to an aromatic ring is 1. The van der Waals surface area contributed by atoms with Crippen LogP contribution in [0.5, 0.6) is 0 Å². The van der Waals surface area contributed by atoms with Gasteiger partial charge in [0.05, 0.1) is 18.8 Å². The number of hydrogen-bond acceptors (Lipinski definition) is 5. The Labute approximate surface area is 138 Å². The van der Waals surface area contributed by atoms with Crippen molar-refractivity contribution < 1.29 is 9.13 Å². The minimum Gasteiger partial charge on any atom is -0.381 e. The van der Waals surface area contributed by atoms with E-state index in [1.54, 1.807) is 6.07 Å². The van der Waals surface area contributed by atoms with E-state index in [-0.39, 0.29) is 17.7 Å². The summed E-state index contributed by atoms with van der Waals surface area (Å²) in [5, 5.41) is 4.09. The van der Waals surface area contributed by atoms with E-state index >= 15 is 0 Å². The maximum absolute atomic E-state index is 13.3. The molecular weight excluding hydrogens is 309 g/mol. The van der Waals surface area contributed by atoms with Gasteiger partial charge in [0.2, 0.25) is 5.95 Å². The molecule has 0 saturated carbocycles. The van der Waals surface area contributed by atoms with E-state index in [9.17, 15) is 4.39 Å². The molecule has 24 heavy (non-hydrogen) atoms. The van der Waals surface area contributed by atoms with Gasteiger partial charge in [-0.3, -0.25) is 0 Å². The van der Waals surface area contributed by atoms with E-state index in [2.05, 4.69) is 20.3 Å². The zero-order valence-electron chi connectivity index (χ0n) is 13.1. The lowest BCUT2D eigenvalue weighted by molar-refractivity contribution is 0.193. The summed E-state index contributed by atoms with van der Waals surface area (Å²) < 4.78 is 18.7. The van der Waals surface area contributed by atoms with Gasteiger partial charge in [0.15, 0.2) is 0 Å². The second-order valence-corrected chi connectivity index (χ2v) is 5.98. The highest BCUT2D eigenvalue weighted by atomic mass is 19.1. The summed E-state index contributed by atoms with van der Waals surface area (Å²) in [6.45, 7) is 1.96. The number of hydrogen-bond donors (Lipinski definition) is 3. The van der Waals surface area contributed by atoms with E-state index in [1.807, 2.05) is 12.1 Å². The number of aromatic amines is 1. The Kier molecular flexibility index (Phi) is 3.78. The van der Waals surface area contributed by atoms with E-state index in [1.165, 1.54) is 12.1 Å². The Morgan fingerprint density at radius 2 is 2.21 bits per heavy atom. The number of aromatic nitrogens is 3. The van der Waals surface area contributed by atoms with Gasteiger partial charge in [0.1, 0.15) is 11.6 Å². The normalized spacial score (nSPS) is 17.5. The van der Waals surface area contributed by atoms with Crippen molar-refractivity contribution >= 4 is 22.7 Å². The molecule has 1 fully saturated rings. The zero-order chi connectivity index (χ0) is 16.5. The Morgan fingerprint density at radius 3 is 3.04 bits per heavy atom. The number of halogens is 1. The molecule has 1 aliphatic rings. The lowest BCUT2D eigenvalue weighted by atomic mass is 10.0. The van der Waals surface area contributed by atoms with Crippen LogP contribution in [0, 0.1) is 5.82 Å². The van der Waals surface area contributed by atoms with Crippen LogP contribution in [0.1, 0.15) is 23.7 Å². The summed E-state index contributed by atoms with van der Waals surface area (Å²) >= 11 is 0. The number of nitrogens with two attached hydrogens (primary N) is 1. The van der Waals surface area contributed by atoms with Crippen molar-refractivity contribution in [3.8, 4) is 0 Å². The van der Waals surface area contributed by atoms with Gasteiger partial charge in [-0.15, -0.1) is 0 Å². The average Bonchev–Trinajstić information content (AvgIpc) is 3.21. The molecule has 3 aromatic rings. The fourth-order valence-corrected chi connectivity index (χ4v) is 3.00. The summed E-state index contributed by atoms with van der Waals surface area (Å²) in [5.74, 6) is 0.953. The van der Waals surface area contributed by atoms with Crippen LogP contribution >= 0.6 is 0 Å². The first-order chi connectivity index (χ1) is 11.7. The third kappa shape index (κ3) is 3.03. The molecular formula is C17H18FN5O. The summed E-state index contributed by atoms with van der Waals surface area (Å²) in [4.78, 5) is 11.8. The van der Waals surface area contributed by atoms with E-state index in [0.717, 1.165) is 35.3 Å². The molecule has 124 valence electrons. The van der Waals surface area contributed by atoms with Gasteiger partial charge >= 0.3 is 0 Å². The van der Waals surface area contributed by atoms with Crippen molar-refractivity contribution in [2.45, 2.75) is 18.9 Å². The molecule has 0 spiro atoms. The minimum absolute atomic E-state index is 0.243. The van der Waals surface area contributed by atoms with Crippen molar-refractivity contribution in [3.63, 3.8) is 0 Å². The fourth-order valence-electron chi connectivity index (χ4n) is 3.00. The van der Waals surface area contributed by atoms with E-state index in [4.69, 9.17) is 10.5 Å². The van der Waals surface area contributed by atoms with Crippen molar-refractivity contribution in [3.05, 3.63) is 47.5 Å². The molecule has 1 aliphatic heterocycles. The molecule has 3 heterocycles. The maximum atomic E-state index is 13.3. The number of benzene rings is 1. The van der Waals surface area contributed by atoms with Gasteiger partial charge in [0.25, 0.3) is 0 Å². The van der Waals surface area contributed by atoms with Crippen LogP contribution in [0.2, 0.25) is 0 Å². The molecule has 1 atom stereocenters. The number of fused-ring (bicyclic) bond motifs is 1. The highest BCUT2D eigenvalue weighted by molar-refractivity contribution is 5.80. The predicted octanol–water partition coefficient (Wildman–Crippen LogP) is 2.80. The molecule has 0 aliphatic carbocycles. The molecule has 6 nitrogen and oxygen atoms in total. The predicted molar refractivity (Wildman–Crippen MR) is 90.2 cm³/mol. The summed E-state index contributed by atoms with van der Waals surface area (Å²) in [6.07, 6.45) is 0.948. The van der Waals surface area contributed by atoms with Crippen molar-refractivity contribution in [1.82, 2.24) is 15.0 Å². The van der Waals surface area contributed by atoms with E-state index < -0.39 is 0 Å². The molecule has 7 heteroatoms. The Balaban J connectivity index is 1.51. The van der Waals surface area contributed by atoms with Crippen LogP contribution in [0.25, 0.3) is 10.9 Å². The first kappa shape index (κ1) is 14.9. The van der Waals surface area contributed by atoms with Crippen LogP contribution < -0.4 is 11.1 Å². The second-order valence-electron chi connectivity index (χ2n) is 5.98. The number of rotatable bonds is 4. The van der Waals surface area contributed by atoms with Gasteiger partial charge in [-0.1, -0.05) is 0 Å². The molecule has 1 saturated heterocycles. The largest absolute Gasteiger partial charge is 0.381 e. The molecule has 0 radical (unpaired) electrons. The maximum Gasteiger partial charge on any atom is 0.222 e. The molecule has 4 N–H and O–H groups in total. The van der Waals surface area contributed by atoms with Gasteiger partial charge in [-0.2, -0.15) is 4.98 Å². The SMILES string of the molecule is Nc1nc(NCc2cc3cc(F)ccc3[nH]2)cc(C2CCOC2)n1. The monoisotopic (exact) mass is 327 g/mol. The van der Waals surface area contributed by atoms with Gasteiger partial charge in [-0.25, -0.2) is 9.37 Å². The Morgan fingerprint density at radius 1 is 1.29 bits per heavy atom. The topological polar surface area (TPSA) is 88.8 Å². The molecule has 4 rings (SSSR count). The van der Waals surface area contributed by atoms with Crippen molar-refractivity contribution in [2.75, 3.05) is 24.3 Å². The Hall–Kier alpha value is -2.67. The van der Waals surface area contributed by atoms with E-state index in [0.29, 0.717) is 19.0 Å². The quantitative estimate of drug-likeness (QED) is 0.686. The van der Waals surface area contributed by atoms with Crippen LogP contribution in [-0.2, 0) is 11.3 Å².